The molecule has 0 aliphatic heterocycles. The molecule has 0 bridgehead atoms. The summed E-state index contributed by atoms with van der Waals surface area (Å²) >= 11 is 3.28. The highest BCUT2D eigenvalue weighted by Crippen LogP contribution is 2.33. The monoisotopic (exact) mass is 276 g/mol. The molecule has 1 aliphatic carbocycles. The molecule has 0 saturated heterocycles. The maximum atomic E-state index is 11.5. The number of hydrogen-bond acceptors (Lipinski definition) is 2. The van der Waals surface area contributed by atoms with Crippen LogP contribution >= 0.6 is 15.9 Å². The maximum Gasteiger partial charge on any atom is 0.233 e. The van der Waals surface area contributed by atoms with Gasteiger partial charge in [-0.2, -0.15) is 0 Å². The Morgan fingerprint density at radius 1 is 1.47 bits per heavy atom. The van der Waals surface area contributed by atoms with E-state index in [4.69, 9.17) is 0 Å². The lowest BCUT2D eigenvalue weighted by Crippen LogP contribution is -2.51. The van der Waals surface area contributed by atoms with Gasteiger partial charge in [0.15, 0.2) is 0 Å². The Morgan fingerprint density at radius 2 is 2.00 bits per heavy atom. The van der Waals surface area contributed by atoms with E-state index >= 15 is 0 Å². The lowest BCUT2D eigenvalue weighted by molar-refractivity contribution is -0.120. The first-order valence-electron chi connectivity index (χ1n) is 5.57. The average molecular weight is 277 g/mol. The van der Waals surface area contributed by atoms with Crippen LogP contribution in [0.1, 0.15) is 32.6 Å². The molecule has 1 atom stereocenters. The van der Waals surface area contributed by atoms with E-state index in [9.17, 15) is 4.79 Å². The quantitative estimate of drug-likeness (QED) is 0.794. The number of hydrogen-bond donors (Lipinski definition) is 1. The average Bonchev–Trinajstić information content (AvgIpc) is 2.63. The molecule has 3 nitrogen and oxygen atoms in total. The predicted molar refractivity (Wildman–Crippen MR) is 66.3 cm³/mol. The molecule has 1 aliphatic rings. The summed E-state index contributed by atoms with van der Waals surface area (Å²) in [6.07, 6.45) is 4.93. The maximum absolute atomic E-state index is 11.5. The number of amides is 1. The normalized spacial score (nSPS) is 21.7. The summed E-state index contributed by atoms with van der Waals surface area (Å²) in [6, 6.07) is 0. The zero-order chi connectivity index (χ0) is 11.5. The summed E-state index contributed by atoms with van der Waals surface area (Å²) in [7, 11) is 4.21. The highest BCUT2D eigenvalue weighted by molar-refractivity contribution is 9.10. The first kappa shape index (κ1) is 13.0. The number of carbonyl (C=O) groups is 1. The summed E-state index contributed by atoms with van der Waals surface area (Å²) in [5.74, 6) is 0.0862. The smallest absolute Gasteiger partial charge is 0.233 e. The minimum atomic E-state index is -0.0990. The van der Waals surface area contributed by atoms with Gasteiger partial charge in [-0.15, -0.1) is 0 Å². The summed E-state index contributed by atoms with van der Waals surface area (Å²) in [5.41, 5.74) is 0.192. The number of likely N-dealkylation sites (N-methyl/N-ethyl adjacent to an activating group) is 1. The third kappa shape index (κ3) is 3.18. The zero-order valence-corrected chi connectivity index (χ0v) is 11.4. The molecule has 0 spiro atoms. The lowest BCUT2D eigenvalue weighted by Gasteiger charge is -2.36. The molecule has 0 aromatic rings. The van der Waals surface area contributed by atoms with Crippen molar-refractivity contribution < 1.29 is 4.79 Å². The number of nitrogens with one attached hydrogen (secondary N) is 1. The third-order valence-corrected chi connectivity index (χ3v) is 3.85. The summed E-state index contributed by atoms with van der Waals surface area (Å²) in [6.45, 7) is 2.63. The second-order valence-electron chi connectivity index (χ2n) is 4.66. The molecular formula is C11H21BrN2O. The summed E-state index contributed by atoms with van der Waals surface area (Å²) in [5, 5.41) is 3.02. The first-order chi connectivity index (χ1) is 6.98. The fraction of sp³-hybridized carbons (Fsp3) is 0.909. The molecule has 1 rings (SSSR count). The van der Waals surface area contributed by atoms with E-state index in [0.29, 0.717) is 0 Å². The minimum Gasteiger partial charge on any atom is -0.353 e. The van der Waals surface area contributed by atoms with Gasteiger partial charge in [0.25, 0.3) is 0 Å². The van der Waals surface area contributed by atoms with Crippen molar-refractivity contribution in [2.75, 3.05) is 20.6 Å². The molecule has 88 valence electrons. The molecule has 1 saturated carbocycles. The van der Waals surface area contributed by atoms with E-state index in [2.05, 4.69) is 40.2 Å². The molecule has 0 heterocycles. The molecule has 1 amide bonds. The van der Waals surface area contributed by atoms with Crippen LogP contribution in [0, 0.1) is 0 Å². The number of halogens is 1. The fourth-order valence-electron chi connectivity index (χ4n) is 2.21. The van der Waals surface area contributed by atoms with E-state index in [-0.39, 0.29) is 16.3 Å². The molecule has 15 heavy (non-hydrogen) atoms. The molecule has 1 unspecified atom stereocenters. The van der Waals surface area contributed by atoms with Crippen molar-refractivity contribution in [1.29, 1.82) is 0 Å². The van der Waals surface area contributed by atoms with E-state index in [1.807, 2.05) is 6.92 Å². The van der Waals surface area contributed by atoms with Gasteiger partial charge in [0.2, 0.25) is 5.91 Å². The Morgan fingerprint density at radius 3 is 2.40 bits per heavy atom. The number of carbonyl (C=O) groups excluding carboxylic acids is 1. The molecule has 0 aromatic heterocycles. The standard InChI is InChI=1S/C11H21BrN2O/c1-9(12)10(15)13-8-11(14(2)3)6-4-5-7-11/h9H,4-8H2,1-3H3,(H,13,15). The van der Waals surface area contributed by atoms with Crippen LogP contribution < -0.4 is 5.32 Å². The molecule has 0 radical (unpaired) electrons. The van der Waals surface area contributed by atoms with Crippen LogP contribution in [0.2, 0.25) is 0 Å². The van der Waals surface area contributed by atoms with Crippen LogP contribution in [-0.2, 0) is 4.79 Å². The summed E-state index contributed by atoms with van der Waals surface area (Å²) in [4.78, 5) is 13.7. The van der Waals surface area contributed by atoms with Gasteiger partial charge in [0.05, 0.1) is 4.83 Å². The van der Waals surface area contributed by atoms with Crippen molar-refractivity contribution in [3.05, 3.63) is 0 Å². The minimum absolute atomic E-state index is 0.0862. The van der Waals surface area contributed by atoms with Crippen molar-refractivity contribution in [3.63, 3.8) is 0 Å². The van der Waals surface area contributed by atoms with E-state index in [1.54, 1.807) is 0 Å². The van der Waals surface area contributed by atoms with Crippen molar-refractivity contribution in [1.82, 2.24) is 10.2 Å². The molecular weight excluding hydrogens is 256 g/mol. The van der Waals surface area contributed by atoms with Gasteiger partial charge in [0.1, 0.15) is 0 Å². The first-order valence-corrected chi connectivity index (χ1v) is 6.49. The Balaban J connectivity index is 2.50. The summed E-state index contributed by atoms with van der Waals surface area (Å²) < 4.78 is 0. The third-order valence-electron chi connectivity index (χ3n) is 3.44. The molecule has 1 fully saturated rings. The van der Waals surface area contributed by atoms with Crippen LogP contribution in [0.4, 0.5) is 0 Å². The van der Waals surface area contributed by atoms with Crippen LogP contribution in [0.3, 0.4) is 0 Å². The highest BCUT2D eigenvalue weighted by atomic mass is 79.9. The fourth-order valence-corrected chi connectivity index (χ4v) is 2.37. The number of nitrogens with zero attached hydrogens (tertiary/aromatic N) is 1. The Hall–Kier alpha value is -0.0900. The highest BCUT2D eigenvalue weighted by Gasteiger charge is 2.36. The van der Waals surface area contributed by atoms with Gasteiger partial charge >= 0.3 is 0 Å². The Kier molecular flexibility index (Phi) is 4.59. The van der Waals surface area contributed by atoms with Gasteiger partial charge in [0, 0.05) is 12.1 Å². The van der Waals surface area contributed by atoms with E-state index in [0.717, 1.165) is 6.54 Å². The van der Waals surface area contributed by atoms with Crippen molar-refractivity contribution in [2.45, 2.75) is 43.0 Å². The largest absolute Gasteiger partial charge is 0.353 e. The number of alkyl halides is 1. The van der Waals surface area contributed by atoms with Crippen LogP contribution in [0.15, 0.2) is 0 Å². The van der Waals surface area contributed by atoms with E-state index < -0.39 is 0 Å². The molecule has 4 heteroatoms. The van der Waals surface area contributed by atoms with E-state index in [1.165, 1.54) is 25.7 Å². The number of rotatable bonds is 4. The lowest BCUT2D eigenvalue weighted by atomic mass is 9.96. The van der Waals surface area contributed by atoms with Gasteiger partial charge in [-0.1, -0.05) is 28.8 Å². The van der Waals surface area contributed by atoms with Gasteiger partial charge in [-0.3, -0.25) is 4.79 Å². The van der Waals surface area contributed by atoms with Crippen molar-refractivity contribution in [3.8, 4) is 0 Å². The second-order valence-corrected chi connectivity index (χ2v) is 6.03. The SMILES string of the molecule is CC(Br)C(=O)NCC1(N(C)C)CCCC1. The van der Waals surface area contributed by atoms with Crippen LogP contribution in [0.25, 0.3) is 0 Å². The second kappa shape index (κ2) is 5.30. The zero-order valence-electron chi connectivity index (χ0n) is 9.85. The molecule has 1 N–H and O–H groups in total. The Labute approximate surface area is 101 Å². The van der Waals surface area contributed by atoms with Crippen molar-refractivity contribution in [2.24, 2.45) is 0 Å². The van der Waals surface area contributed by atoms with Gasteiger partial charge < -0.3 is 10.2 Å². The molecule has 0 aromatic carbocycles. The van der Waals surface area contributed by atoms with Crippen molar-refractivity contribution >= 4 is 21.8 Å². The van der Waals surface area contributed by atoms with Crippen LogP contribution in [-0.4, -0.2) is 41.8 Å². The predicted octanol–water partition coefficient (Wildman–Crippen LogP) is 1.76. The van der Waals surface area contributed by atoms with Gasteiger partial charge in [-0.25, -0.2) is 0 Å². The Bertz CT molecular complexity index is 223. The topological polar surface area (TPSA) is 32.3 Å². The van der Waals surface area contributed by atoms with Gasteiger partial charge in [-0.05, 0) is 33.9 Å². The van der Waals surface area contributed by atoms with Crippen LogP contribution in [0.5, 0.6) is 0 Å².